The quantitative estimate of drug-likeness (QED) is 0.627. The Bertz CT molecular complexity index is 998. The molecule has 0 heterocycles. The first-order valence-electron chi connectivity index (χ1n) is 10.7. The van der Waals surface area contributed by atoms with Gasteiger partial charge in [-0.3, -0.25) is 9.59 Å². The largest absolute Gasteiger partial charge is 0.338 e. The lowest BCUT2D eigenvalue weighted by molar-refractivity contribution is -0.185. The third-order valence-electron chi connectivity index (χ3n) is 5.51. The first-order valence-corrected chi connectivity index (χ1v) is 10.7. The van der Waals surface area contributed by atoms with Crippen LogP contribution in [0.5, 0.6) is 0 Å². The van der Waals surface area contributed by atoms with Gasteiger partial charge < -0.3 is 15.5 Å². The average Bonchev–Trinajstić information content (AvgIpc) is 2.75. The Hall–Kier alpha value is -3.42. The van der Waals surface area contributed by atoms with Crippen LogP contribution in [0, 0.1) is 19.7 Å². The molecular formula is C24H28FN3O4. The zero-order valence-corrected chi connectivity index (χ0v) is 18.5. The van der Waals surface area contributed by atoms with Crippen LogP contribution in [0.3, 0.4) is 0 Å². The topological polar surface area (TPSA) is 87.7 Å². The SMILES string of the molecule is CC(=O)ON(C(=O)c1ccc(F)cc1NC(=O)Nc1c(C)cccc1C)C1CCCCC1. The maximum atomic E-state index is 14.0. The number of carbonyl (C=O) groups excluding carboxylic acids is 3. The zero-order valence-electron chi connectivity index (χ0n) is 18.5. The molecule has 0 spiro atoms. The molecule has 2 aromatic rings. The Kier molecular flexibility index (Phi) is 7.45. The maximum Gasteiger partial charge on any atom is 0.329 e. The van der Waals surface area contributed by atoms with Gasteiger partial charge in [-0.15, -0.1) is 0 Å². The highest BCUT2D eigenvalue weighted by molar-refractivity contribution is 6.07. The molecule has 170 valence electrons. The summed E-state index contributed by atoms with van der Waals surface area (Å²) in [6.07, 6.45) is 4.30. The van der Waals surface area contributed by atoms with E-state index in [1.165, 1.54) is 13.0 Å². The molecule has 1 aliphatic carbocycles. The van der Waals surface area contributed by atoms with Gasteiger partial charge in [-0.25, -0.2) is 9.18 Å². The fourth-order valence-electron chi connectivity index (χ4n) is 3.94. The van der Waals surface area contributed by atoms with Crippen LogP contribution in [-0.2, 0) is 9.63 Å². The van der Waals surface area contributed by atoms with Gasteiger partial charge in [-0.1, -0.05) is 37.5 Å². The van der Waals surface area contributed by atoms with E-state index in [9.17, 15) is 18.8 Å². The number of rotatable bonds is 4. The van der Waals surface area contributed by atoms with Crippen molar-refractivity contribution in [3.63, 3.8) is 0 Å². The van der Waals surface area contributed by atoms with Crippen LogP contribution >= 0.6 is 0 Å². The summed E-state index contributed by atoms with van der Waals surface area (Å²) in [6, 6.07) is 8.22. The van der Waals surface area contributed by atoms with Crippen molar-refractivity contribution in [2.75, 3.05) is 10.6 Å². The third-order valence-corrected chi connectivity index (χ3v) is 5.51. The van der Waals surface area contributed by atoms with Crippen molar-refractivity contribution >= 4 is 29.3 Å². The van der Waals surface area contributed by atoms with Gasteiger partial charge in [0.25, 0.3) is 5.91 Å². The summed E-state index contributed by atoms with van der Waals surface area (Å²) in [5, 5.41) is 6.40. The summed E-state index contributed by atoms with van der Waals surface area (Å²) in [5.41, 5.74) is 2.41. The van der Waals surface area contributed by atoms with Gasteiger partial charge in [-0.05, 0) is 56.0 Å². The Morgan fingerprint density at radius 1 is 1.00 bits per heavy atom. The standard InChI is InChI=1S/C24H28FN3O4/c1-15-8-7-9-16(2)22(15)27-24(31)26-21-14-18(25)12-13-20(21)23(30)28(32-17(3)29)19-10-5-4-6-11-19/h7-9,12-14,19H,4-6,10-11H2,1-3H3,(H2,26,27,31). The highest BCUT2D eigenvalue weighted by atomic mass is 19.1. The maximum absolute atomic E-state index is 14.0. The van der Waals surface area contributed by atoms with E-state index in [0.29, 0.717) is 18.5 Å². The van der Waals surface area contributed by atoms with Crippen LogP contribution < -0.4 is 10.6 Å². The van der Waals surface area contributed by atoms with Crippen LogP contribution in [-0.4, -0.2) is 29.0 Å². The molecule has 2 N–H and O–H groups in total. The van der Waals surface area contributed by atoms with Crippen LogP contribution in [0.2, 0.25) is 0 Å². The summed E-state index contributed by atoms with van der Waals surface area (Å²) in [6.45, 7) is 4.95. The summed E-state index contributed by atoms with van der Waals surface area (Å²) < 4.78 is 14.0. The second-order valence-electron chi connectivity index (χ2n) is 8.04. The first-order chi connectivity index (χ1) is 15.3. The normalized spacial score (nSPS) is 13.9. The Morgan fingerprint density at radius 2 is 1.66 bits per heavy atom. The zero-order chi connectivity index (χ0) is 23.3. The summed E-state index contributed by atoms with van der Waals surface area (Å²) >= 11 is 0. The van der Waals surface area contributed by atoms with Crippen LogP contribution in [0.1, 0.15) is 60.5 Å². The summed E-state index contributed by atoms with van der Waals surface area (Å²) in [7, 11) is 0. The smallest absolute Gasteiger partial charge is 0.329 e. The number of carbonyl (C=O) groups is 3. The molecule has 7 nitrogen and oxygen atoms in total. The Morgan fingerprint density at radius 3 is 2.28 bits per heavy atom. The number of benzene rings is 2. The molecule has 0 radical (unpaired) electrons. The Balaban J connectivity index is 1.86. The molecule has 1 fully saturated rings. The minimum atomic E-state index is -0.617. The van der Waals surface area contributed by atoms with E-state index in [0.717, 1.165) is 47.6 Å². The lowest BCUT2D eigenvalue weighted by Gasteiger charge is -2.32. The number of nitrogens with one attached hydrogen (secondary N) is 2. The monoisotopic (exact) mass is 441 g/mol. The summed E-state index contributed by atoms with van der Waals surface area (Å²) in [5.74, 6) is -1.83. The van der Waals surface area contributed by atoms with Gasteiger partial charge in [0.15, 0.2) is 0 Å². The highest BCUT2D eigenvalue weighted by Gasteiger charge is 2.31. The van der Waals surface area contributed by atoms with E-state index in [1.54, 1.807) is 0 Å². The minimum Gasteiger partial charge on any atom is -0.338 e. The van der Waals surface area contributed by atoms with Gasteiger partial charge in [0.2, 0.25) is 0 Å². The number of hydrogen-bond acceptors (Lipinski definition) is 4. The van der Waals surface area contributed by atoms with Crippen molar-refractivity contribution in [2.45, 2.75) is 58.9 Å². The van der Waals surface area contributed by atoms with Crippen molar-refractivity contribution < 1.29 is 23.6 Å². The molecule has 0 bridgehead atoms. The van der Waals surface area contributed by atoms with E-state index in [4.69, 9.17) is 4.84 Å². The number of para-hydroxylation sites is 1. The fourth-order valence-corrected chi connectivity index (χ4v) is 3.94. The van der Waals surface area contributed by atoms with Crippen molar-refractivity contribution in [1.29, 1.82) is 0 Å². The van der Waals surface area contributed by atoms with Gasteiger partial charge in [-0.2, -0.15) is 5.06 Å². The fraction of sp³-hybridized carbons (Fsp3) is 0.375. The Labute approximate surface area is 186 Å². The highest BCUT2D eigenvalue weighted by Crippen LogP contribution is 2.27. The molecule has 0 aromatic heterocycles. The van der Waals surface area contributed by atoms with Crippen LogP contribution in [0.25, 0.3) is 0 Å². The molecule has 1 saturated carbocycles. The average molecular weight is 442 g/mol. The van der Waals surface area contributed by atoms with E-state index in [-0.39, 0.29) is 17.3 Å². The van der Waals surface area contributed by atoms with Crippen LogP contribution in [0.15, 0.2) is 36.4 Å². The molecule has 0 saturated heterocycles. The molecule has 1 aliphatic rings. The molecule has 0 unspecified atom stereocenters. The molecule has 8 heteroatoms. The number of amides is 3. The molecule has 3 amide bonds. The number of anilines is 2. The van der Waals surface area contributed by atoms with E-state index >= 15 is 0 Å². The molecule has 32 heavy (non-hydrogen) atoms. The van der Waals surface area contributed by atoms with Crippen molar-refractivity contribution in [1.82, 2.24) is 5.06 Å². The number of urea groups is 1. The van der Waals surface area contributed by atoms with E-state index in [2.05, 4.69) is 10.6 Å². The van der Waals surface area contributed by atoms with Gasteiger partial charge in [0.05, 0.1) is 17.3 Å². The van der Waals surface area contributed by atoms with Gasteiger partial charge in [0.1, 0.15) is 5.82 Å². The molecular weight excluding hydrogens is 413 g/mol. The van der Waals surface area contributed by atoms with E-state index in [1.807, 2.05) is 32.0 Å². The molecule has 3 rings (SSSR count). The first kappa shape index (κ1) is 23.2. The number of hydroxylamine groups is 2. The lowest BCUT2D eigenvalue weighted by Crippen LogP contribution is -2.42. The second kappa shape index (κ2) is 10.3. The molecule has 0 aliphatic heterocycles. The number of halogens is 1. The third kappa shape index (κ3) is 5.63. The molecule has 0 atom stereocenters. The van der Waals surface area contributed by atoms with Gasteiger partial charge >= 0.3 is 12.0 Å². The number of aryl methyl sites for hydroxylation is 2. The van der Waals surface area contributed by atoms with Crippen molar-refractivity contribution in [3.8, 4) is 0 Å². The predicted octanol–water partition coefficient (Wildman–Crippen LogP) is 5.34. The number of nitrogens with zero attached hydrogens (tertiary/aromatic N) is 1. The summed E-state index contributed by atoms with van der Waals surface area (Å²) in [4.78, 5) is 42.9. The van der Waals surface area contributed by atoms with Crippen molar-refractivity contribution in [3.05, 3.63) is 58.9 Å². The predicted molar refractivity (Wildman–Crippen MR) is 120 cm³/mol. The second-order valence-corrected chi connectivity index (χ2v) is 8.04. The molecule has 2 aromatic carbocycles. The van der Waals surface area contributed by atoms with Crippen molar-refractivity contribution in [2.24, 2.45) is 0 Å². The minimum absolute atomic E-state index is 0.00769. The lowest BCUT2D eigenvalue weighted by atomic mass is 9.95. The van der Waals surface area contributed by atoms with Gasteiger partial charge in [0, 0.05) is 12.6 Å². The van der Waals surface area contributed by atoms with E-state index < -0.39 is 23.7 Å². The number of hydrogen-bond donors (Lipinski definition) is 2. The van der Waals surface area contributed by atoms with Crippen LogP contribution in [0.4, 0.5) is 20.6 Å².